The molecule has 1 aliphatic carbocycles. The highest BCUT2D eigenvalue weighted by atomic mass is 35.5. The van der Waals surface area contributed by atoms with Gasteiger partial charge in [0.05, 0.1) is 5.41 Å². The Hall–Kier alpha value is -1.05. The number of hydrogen-bond donors (Lipinski definition) is 1. The van der Waals surface area contributed by atoms with Gasteiger partial charge in [-0.3, -0.25) is 4.79 Å². The van der Waals surface area contributed by atoms with Crippen LogP contribution in [0.15, 0.2) is 21.6 Å². The van der Waals surface area contributed by atoms with Crippen molar-refractivity contribution in [2.75, 3.05) is 6.54 Å². The van der Waals surface area contributed by atoms with E-state index in [1.165, 1.54) is 16.4 Å². The molecule has 2 heterocycles. The molecule has 22 heavy (non-hydrogen) atoms. The first-order valence-corrected chi connectivity index (χ1v) is 9.20. The molecule has 122 valence electrons. The van der Waals surface area contributed by atoms with Crippen LogP contribution in [-0.2, 0) is 14.8 Å². The number of carboxylic acid groups (broad SMARTS) is 1. The average molecular weight is 348 g/mol. The molecule has 1 N–H and O–H groups in total. The summed E-state index contributed by atoms with van der Waals surface area (Å²) in [7, 11) is -3.86. The number of halogens is 1. The van der Waals surface area contributed by atoms with Gasteiger partial charge in [0, 0.05) is 12.6 Å². The smallest absolute Gasteiger partial charge is 0.311 e. The Morgan fingerprint density at radius 3 is 2.68 bits per heavy atom. The van der Waals surface area contributed by atoms with Crippen molar-refractivity contribution in [1.29, 1.82) is 0 Å². The van der Waals surface area contributed by atoms with Gasteiger partial charge in [-0.15, -0.1) is 0 Å². The lowest BCUT2D eigenvalue weighted by atomic mass is 9.66. The Balaban J connectivity index is 2.01. The fourth-order valence-corrected chi connectivity index (χ4v) is 5.70. The molecule has 1 aliphatic heterocycles. The number of fused-ring (bicyclic) bond motifs is 1. The van der Waals surface area contributed by atoms with Crippen LogP contribution in [0, 0.1) is 5.41 Å². The largest absolute Gasteiger partial charge is 0.481 e. The number of nitrogens with zero attached hydrogens (tertiary/aromatic N) is 1. The summed E-state index contributed by atoms with van der Waals surface area (Å²) >= 11 is 5.68. The van der Waals surface area contributed by atoms with Crippen molar-refractivity contribution in [1.82, 2.24) is 4.31 Å². The highest BCUT2D eigenvalue weighted by Gasteiger charge is 2.54. The number of aliphatic carboxylic acids is 1. The second kappa shape index (κ2) is 5.54. The molecule has 2 fully saturated rings. The van der Waals surface area contributed by atoms with Gasteiger partial charge < -0.3 is 9.52 Å². The molecule has 8 heteroatoms. The zero-order valence-electron chi connectivity index (χ0n) is 12.0. The zero-order chi connectivity index (χ0) is 16.0. The second-order valence-electron chi connectivity index (χ2n) is 6.00. The Morgan fingerprint density at radius 2 is 2.05 bits per heavy atom. The van der Waals surface area contributed by atoms with E-state index in [0.29, 0.717) is 32.2 Å². The Kier molecular flexibility index (Phi) is 3.99. The SMILES string of the molecule is O=C(O)[C@]12CCCC[C@@H]1N(S(=O)(=O)c1ccc(Cl)o1)CCC2. The molecule has 3 rings (SSSR count). The normalized spacial score (nSPS) is 30.0. The van der Waals surface area contributed by atoms with E-state index in [0.717, 1.165) is 12.8 Å². The Labute approximate surface area is 134 Å². The van der Waals surface area contributed by atoms with Crippen LogP contribution in [-0.4, -0.2) is 36.4 Å². The first-order chi connectivity index (χ1) is 10.4. The number of hydrogen-bond acceptors (Lipinski definition) is 4. The van der Waals surface area contributed by atoms with E-state index in [1.54, 1.807) is 0 Å². The van der Waals surface area contributed by atoms with Crippen LogP contribution in [0.3, 0.4) is 0 Å². The van der Waals surface area contributed by atoms with Crippen LogP contribution >= 0.6 is 11.6 Å². The third-order valence-corrected chi connectivity index (χ3v) is 6.86. The molecule has 2 atom stereocenters. The quantitative estimate of drug-likeness (QED) is 0.908. The number of carbonyl (C=O) groups is 1. The van der Waals surface area contributed by atoms with Crippen molar-refractivity contribution < 1.29 is 22.7 Å². The van der Waals surface area contributed by atoms with Crippen LogP contribution in [0.1, 0.15) is 38.5 Å². The van der Waals surface area contributed by atoms with Gasteiger partial charge in [0.1, 0.15) is 0 Å². The van der Waals surface area contributed by atoms with Crippen molar-refractivity contribution in [2.24, 2.45) is 5.41 Å². The number of piperidine rings is 1. The van der Waals surface area contributed by atoms with Gasteiger partial charge in [-0.2, -0.15) is 4.31 Å². The minimum atomic E-state index is -3.86. The van der Waals surface area contributed by atoms with Gasteiger partial charge >= 0.3 is 5.97 Å². The molecular formula is C14H18ClNO5S. The average Bonchev–Trinajstić information content (AvgIpc) is 2.93. The summed E-state index contributed by atoms with van der Waals surface area (Å²) in [4.78, 5) is 11.9. The molecule has 0 spiro atoms. The van der Waals surface area contributed by atoms with Gasteiger partial charge in [0.2, 0.25) is 5.09 Å². The number of sulfonamides is 1. The molecule has 2 aliphatic rings. The predicted molar refractivity (Wildman–Crippen MR) is 79.2 cm³/mol. The fourth-order valence-electron chi connectivity index (χ4n) is 3.83. The van der Waals surface area contributed by atoms with Crippen molar-refractivity contribution in [3.63, 3.8) is 0 Å². The molecule has 1 aromatic rings. The molecule has 0 unspecified atom stereocenters. The third-order valence-electron chi connectivity index (χ3n) is 4.87. The zero-order valence-corrected chi connectivity index (χ0v) is 13.6. The summed E-state index contributed by atoms with van der Waals surface area (Å²) in [6, 6.07) is 2.18. The molecule has 1 aromatic heterocycles. The van der Waals surface area contributed by atoms with Crippen LogP contribution in [0.25, 0.3) is 0 Å². The maximum Gasteiger partial charge on any atom is 0.311 e. The highest BCUT2D eigenvalue weighted by Crippen LogP contribution is 2.47. The van der Waals surface area contributed by atoms with Crippen molar-refractivity contribution >= 4 is 27.6 Å². The summed E-state index contributed by atoms with van der Waals surface area (Å²) in [5.74, 6) is -0.894. The predicted octanol–water partition coefficient (Wildman–Crippen LogP) is 2.73. The van der Waals surface area contributed by atoms with Crippen molar-refractivity contribution in [2.45, 2.75) is 49.7 Å². The molecule has 0 radical (unpaired) electrons. The van der Waals surface area contributed by atoms with E-state index in [-0.39, 0.29) is 10.3 Å². The van der Waals surface area contributed by atoms with Gasteiger partial charge in [-0.05, 0) is 49.4 Å². The third kappa shape index (κ3) is 2.35. The number of furan rings is 1. The lowest BCUT2D eigenvalue weighted by molar-refractivity contribution is -0.157. The molecule has 1 saturated heterocycles. The minimum absolute atomic E-state index is 0.00345. The van der Waals surface area contributed by atoms with Crippen LogP contribution in [0.4, 0.5) is 0 Å². The maximum absolute atomic E-state index is 12.8. The van der Waals surface area contributed by atoms with Gasteiger partial charge in [0.15, 0.2) is 5.22 Å². The van der Waals surface area contributed by atoms with E-state index in [4.69, 9.17) is 16.0 Å². The van der Waals surface area contributed by atoms with Gasteiger partial charge in [-0.25, -0.2) is 8.42 Å². The molecule has 6 nitrogen and oxygen atoms in total. The summed E-state index contributed by atoms with van der Waals surface area (Å²) < 4.78 is 32.0. The maximum atomic E-state index is 12.8. The van der Waals surface area contributed by atoms with Crippen molar-refractivity contribution in [3.8, 4) is 0 Å². The monoisotopic (exact) mass is 347 g/mol. The molecule has 0 aromatic carbocycles. The standard InChI is InChI=1S/C14H18ClNO5S/c15-11-5-6-12(21-11)22(19,20)16-9-3-8-14(13(17)18)7-2-1-4-10(14)16/h5-6,10H,1-4,7-9H2,(H,17,18)/t10-,14-/m0/s1. The van der Waals surface area contributed by atoms with E-state index >= 15 is 0 Å². The summed E-state index contributed by atoms with van der Waals surface area (Å²) in [6.07, 6.45) is 3.82. The second-order valence-corrected chi connectivity index (χ2v) is 8.19. The Bertz CT molecular complexity index is 681. The highest BCUT2D eigenvalue weighted by molar-refractivity contribution is 7.89. The number of rotatable bonds is 3. The summed E-state index contributed by atoms with van der Waals surface area (Å²) in [5.41, 5.74) is -0.972. The van der Waals surface area contributed by atoms with Crippen LogP contribution in [0.5, 0.6) is 0 Å². The minimum Gasteiger partial charge on any atom is -0.481 e. The Morgan fingerprint density at radius 1 is 1.32 bits per heavy atom. The number of carboxylic acids is 1. The van der Waals surface area contributed by atoms with Crippen LogP contribution in [0.2, 0.25) is 5.22 Å². The van der Waals surface area contributed by atoms with Gasteiger partial charge in [0.25, 0.3) is 10.0 Å². The topological polar surface area (TPSA) is 87.8 Å². The first-order valence-electron chi connectivity index (χ1n) is 7.38. The lowest BCUT2D eigenvalue weighted by Crippen LogP contribution is -2.58. The van der Waals surface area contributed by atoms with Gasteiger partial charge in [-0.1, -0.05) is 12.8 Å². The van der Waals surface area contributed by atoms with E-state index in [2.05, 4.69) is 0 Å². The van der Waals surface area contributed by atoms with E-state index in [1.807, 2.05) is 0 Å². The molecular weight excluding hydrogens is 330 g/mol. The lowest BCUT2D eigenvalue weighted by Gasteiger charge is -2.49. The van der Waals surface area contributed by atoms with Crippen LogP contribution < -0.4 is 0 Å². The van der Waals surface area contributed by atoms with E-state index < -0.39 is 27.4 Å². The molecule has 0 amide bonds. The summed E-state index contributed by atoms with van der Waals surface area (Å²) in [6.45, 7) is 0.320. The molecule has 1 saturated carbocycles. The summed E-state index contributed by atoms with van der Waals surface area (Å²) in [5, 5.41) is 9.50. The fraction of sp³-hybridized carbons (Fsp3) is 0.643. The van der Waals surface area contributed by atoms with Crippen molar-refractivity contribution in [3.05, 3.63) is 17.4 Å². The van der Waals surface area contributed by atoms with E-state index in [9.17, 15) is 18.3 Å². The molecule has 0 bridgehead atoms. The first kappa shape index (κ1) is 15.8.